The summed E-state index contributed by atoms with van der Waals surface area (Å²) in [5.74, 6) is 1.00. The number of carbonyl (C=O) groups excluding carboxylic acids is 1. The standard InChI is InChI=1S/C21H24N6O/c1-17-7-9-19(10-8-17)27-20(22-23-24-27)16-25-11-13-26(14-12-25)21(28)15-18-5-3-2-4-6-18/h2-10H,11-16H2,1H3. The lowest BCUT2D eigenvalue weighted by molar-refractivity contribution is -0.132. The smallest absolute Gasteiger partial charge is 0.227 e. The number of tetrazole rings is 1. The molecule has 2 aromatic carbocycles. The third-order valence-electron chi connectivity index (χ3n) is 5.10. The highest BCUT2D eigenvalue weighted by Gasteiger charge is 2.22. The number of benzene rings is 2. The summed E-state index contributed by atoms with van der Waals surface area (Å²) in [6.45, 7) is 5.84. The van der Waals surface area contributed by atoms with Crippen molar-refractivity contribution >= 4 is 5.91 Å². The largest absolute Gasteiger partial charge is 0.340 e. The normalized spacial score (nSPS) is 15.0. The van der Waals surface area contributed by atoms with Gasteiger partial charge in [-0.1, -0.05) is 48.0 Å². The number of aromatic nitrogens is 4. The Hall–Kier alpha value is -3.06. The highest BCUT2D eigenvalue weighted by molar-refractivity contribution is 5.78. The Kier molecular flexibility index (Phi) is 5.43. The van der Waals surface area contributed by atoms with Gasteiger partial charge in [0, 0.05) is 26.2 Å². The van der Waals surface area contributed by atoms with Gasteiger partial charge < -0.3 is 4.90 Å². The molecule has 1 aliphatic heterocycles. The fourth-order valence-electron chi connectivity index (χ4n) is 3.43. The molecule has 144 valence electrons. The van der Waals surface area contributed by atoms with Crippen molar-refractivity contribution in [1.82, 2.24) is 30.0 Å². The molecular formula is C21H24N6O. The highest BCUT2D eigenvalue weighted by atomic mass is 16.2. The van der Waals surface area contributed by atoms with Crippen molar-refractivity contribution in [3.8, 4) is 5.69 Å². The minimum atomic E-state index is 0.190. The van der Waals surface area contributed by atoms with Crippen LogP contribution in [-0.2, 0) is 17.8 Å². The van der Waals surface area contributed by atoms with E-state index in [1.165, 1.54) is 5.56 Å². The summed E-state index contributed by atoms with van der Waals surface area (Å²) in [5.41, 5.74) is 3.23. The number of piperazine rings is 1. The zero-order valence-electron chi connectivity index (χ0n) is 16.0. The molecule has 0 N–H and O–H groups in total. The van der Waals surface area contributed by atoms with Crippen molar-refractivity contribution in [2.75, 3.05) is 26.2 Å². The first-order valence-electron chi connectivity index (χ1n) is 9.57. The number of carbonyl (C=O) groups is 1. The van der Waals surface area contributed by atoms with E-state index in [2.05, 4.69) is 39.5 Å². The second-order valence-corrected chi connectivity index (χ2v) is 7.16. The fourth-order valence-corrected chi connectivity index (χ4v) is 3.43. The summed E-state index contributed by atoms with van der Waals surface area (Å²) in [7, 11) is 0. The first-order valence-corrected chi connectivity index (χ1v) is 9.57. The van der Waals surface area contributed by atoms with Crippen LogP contribution < -0.4 is 0 Å². The fraction of sp³-hybridized carbons (Fsp3) is 0.333. The van der Waals surface area contributed by atoms with Crippen LogP contribution in [0.1, 0.15) is 17.0 Å². The lowest BCUT2D eigenvalue weighted by Gasteiger charge is -2.34. The first-order chi connectivity index (χ1) is 13.7. The molecule has 0 spiro atoms. The minimum absolute atomic E-state index is 0.190. The van der Waals surface area contributed by atoms with Crippen molar-refractivity contribution in [1.29, 1.82) is 0 Å². The van der Waals surface area contributed by atoms with E-state index in [9.17, 15) is 4.79 Å². The Labute approximate surface area is 164 Å². The summed E-state index contributed by atoms with van der Waals surface area (Å²) in [5, 5.41) is 12.2. The van der Waals surface area contributed by atoms with Crippen molar-refractivity contribution in [2.24, 2.45) is 0 Å². The van der Waals surface area contributed by atoms with E-state index in [0.29, 0.717) is 13.0 Å². The van der Waals surface area contributed by atoms with Crippen LogP contribution in [0.25, 0.3) is 5.69 Å². The Morgan fingerprint density at radius 2 is 1.68 bits per heavy atom. The van der Waals surface area contributed by atoms with E-state index in [4.69, 9.17) is 0 Å². The van der Waals surface area contributed by atoms with E-state index in [0.717, 1.165) is 43.3 Å². The van der Waals surface area contributed by atoms with Crippen LogP contribution in [0.5, 0.6) is 0 Å². The minimum Gasteiger partial charge on any atom is -0.340 e. The molecule has 0 aliphatic carbocycles. The molecule has 0 bridgehead atoms. The third kappa shape index (κ3) is 4.26. The molecule has 1 fully saturated rings. The first kappa shape index (κ1) is 18.3. The zero-order chi connectivity index (χ0) is 19.3. The predicted molar refractivity (Wildman–Crippen MR) is 106 cm³/mol. The number of amides is 1. The van der Waals surface area contributed by atoms with Gasteiger partial charge in [-0.15, -0.1) is 5.10 Å². The van der Waals surface area contributed by atoms with Crippen LogP contribution in [-0.4, -0.2) is 62.1 Å². The van der Waals surface area contributed by atoms with Crippen LogP contribution in [0.2, 0.25) is 0 Å². The monoisotopic (exact) mass is 376 g/mol. The molecule has 3 aromatic rings. The van der Waals surface area contributed by atoms with Gasteiger partial charge in [-0.25, -0.2) is 0 Å². The average molecular weight is 376 g/mol. The van der Waals surface area contributed by atoms with Crippen LogP contribution in [0, 0.1) is 6.92 Å². The van der Waals surface area contributed by atoms with Gasteiger partial charge in [0.15, 0.2) is 5.82 Å². The number of rotatable bonds is 5. The number of nitrogens with zero attached hydrogens (tertiary/aromatic N) is 6. The Morgan fingerprint density at radius 1 is 0.964 bits per heavy atom. The Bertz CT molecular complexity index is 914. The molecule has 7 heteroatoms. The summed E-state index contributed by atoms with van der Waals surface area (Å²) < 4.78 is 1.78. The molecule has 0 saturated carbocycles. The van der Waals surface area contributed by atoms with Gasteiger partial charge in [0.25, 0.3) is 0 Å². The van der Waals surface area contributed by atoms with Crippen LogP contribution in [0.4, 0.5) is 0 Å². The average Bonchev–Trinajstić information content (AvgIpc) is 3.18. The van der Waals surface area contributed by atoms with Gasteiger partial charge in [0.05, 0.1) is 18.7 Å². The topological polar surface area (TPSA) is 67.2 Å². The van der Waals surface area contributed by atoms with Crippen molar-refractivity contribution < 1.29 is 4.79 Å². The SMILES string of the molecule is Cc1ccc(-n2nnnc2CN2CCN(C(=O)Cc3ccccc3)CC2)cc1. The molecular weight excluding hydrogens is 352 g/mol. The maximum Gasteiger partial charge on any atom is 0.227 e. The molecule has 28 heavy (non-hydrogen) atoms. The summed E-state index contributed by atoms with van der Waals surface area (Å²) in [6, 6.07) is 18.1. The molecule has 0 unspecified atom stereocenters. The summed E-state index contributed by atoms with van der Waals surface area (Å²) in [4.78, 5) is 16.8. The van der Waals surface area contributed by atoms with Crippen molar-refractivity contribution in [2.45, 2.75) is 19.9 Å². The maximum absolute atomic E-state index is 12.5. The number of hydrogen-bond acceptors (Lipinski definition) is 5. The van der Waals surface area contributed by atoms with Crippen LogP contribution in [0.3, 0.4) is 0 Å². The maximum atomic E-state index is 12.5. The van der Waals surface area contributed by atoms with E-state index < -0.39 is 0 Å². The Balaban J connectivity index is 1.33. The molecule has 1 amide bonds. The molecule has 4 rings (SSSR count). The lowest BCUT2D eigenvalue weighted by atomic mass is 10.1. The Morgan fingerprint density at radius 3 is 2.39 bits per heavy atom. The summed E-state index contributed by atoms with van der Waals surface area (Å²) in [6.07, 6.45) is 0.465. The predicted octanol–water partition coefficient (Wildman–Crippen LogP) is 1.86. The molecule has 1 saturated heterocycles. The van der Waals surface area contributed by atoms with Crippen LogP contribution >= 0.6 is 0 Å². The highest BCUT2D eigenvalue weighted by Crippen LogP contribution is 2.13. The molecule has 0 radical (unpaired) electrons. The van der Waals surface area contributed by atoms with Crippen LogP contribution in [0.15, 0.2) is 54.6 Å². The van der Waals surface area contributed by atoms with Crippen molar-refractivity contribution in [3.05, 3.63) is 71.5 Å². The summed E-state index contributed by atoms with van der Waals surface area (Å²) >= 11 is 0. The third-order valence-corrected chi connectivity index (χ3v) is 5.10. The van der Waals surface area contributed by atoms with Gasteiger partial charge >= 0.3 is 0 Å². The molecule has 1 aromatic heterocycles. The second-order valence-electron chi connectivity index (χ2n) is 7.16. The van der Waals surface area contributed by atoms with E-state index in [-0.39, 0.29) is 5.91 Å². The molecule has 2 heterocycles. The van der Waals surface area contributed by atoms with E-state index in [1.807, 2.05) is 47.4 Å². The van der Waals surface area contributed by atoms with Gasteiger partial charge in [0.2, 0.25) is 5.91 Å². The molecule has 0 atom stereocenters. The number of aryl methyl sites for hydroxylation is 1. The van der Waals surface area contributed by atoms with Gasteiger partial charge in [-0.2, -0.15) is 4.68 Å². The van der Waals surface area contributed by atoms with E-state index in [1.54, 1.807) is 4.68 Å². The second kappa shape index (κ2) is 8.31. The molecule has 7 nitrogen and oxygen atoms in total. The van der Waals surface area contributed by atoms with Gasteiger partial charge in [0.1, 0.15) is 0 Å². The lowest BCUT2D eigenvalue weighted by Crippen LogP contribution is -2.48. The van der Waals surface area contributed by atoms with Gasteiger partial charge in [-0.3, -0.25) is 9.69 Å². The zero-order valence-corrected chi connectivity index (χ0v) is 16.0. The van der Waals surface area contributed by atoms with Crippen molar-refractivity contribution in [3.63, 3.8) is 0 Å². The van der Waals surface area contributed by atoms with Gasteiger partial charge in [-0.05, 0) is 35.0 Å². The quantitative estimate of drug-likeness (QED) is 0.680. The van der Waals surface area contributed by atoms with E-state index >= 15 is 0 Å². The number of hydrogen-bond donors (Lipinski definition) is 0. The molecule has 1 aliphatic rings.